The summed E-state index contributed by atoms with van der Waals surface area (Å²) in [5, 5.41) is 3.29. The van der Waals surface area contributed by atoms with E-state index in [1.54, 1.807) is 48.2 Å². The first-order valence-corrected chi connectivity index (χ1v) is 11.0. The van der Waals surface area contributed by atoms with E-state index in [0.717, 1.165) is 16.7 Å². The molecule has 1 aliphatic rings. The summed E-state index contributed by atoms with van der Waals surface area (Å²) in [5.74, 6) is 0.979. The van der Waals surface area contributed by atoms with Gasteiger partial charge in [-0.05, 0) is 61.0 Å². The zero-order chi connectivity index (χ0) is 24.2. The van der Waals surface area contributed by atoms with Crippen LogP contribution in [0, 0.1) is 0 Å². The van der Waals surface area contributed by atoms with Gasteiger partial charge in [0, 0.05) is 49.2 Å². The summed E-state index contributed by atoms with van der Waals surface area (Å²) in [6.45, 7) is 3.73. The zero-order valence-electron chi connectivity index (χ0n) is 19.3. The lowest BCUT2D eigenvalue weighted by Gasteiger charge is -2.26. The Balaban J connectivity index is 1.90. The van der Waals surface area contributed by atoms with Crippen molar-refractivity contribution in [3.8, 4) is 22.6 Å². The molecular formula is C26H27FN4O3. The van der Waals surface area contributed by atoms with E-state index in [1.807, 2.05) is 37.3 Å². The summed E-state index contributed by atoms with van der Waals surface area (Å²) in [6.07, 6.45) is 3.69. The van der Waals surface area contributed by atoms with Gasteiger partial charge in [0.25, 0.3) is 5.56 Å². The number of alkyl halides is 1. The minimum absolute atomic E-state index is 0.228. The Hall–Kier alpha value is -3.91. The first-order chi connectivity index (χ1) is 16.4. The molecule has 0 bridgehead atoms. The van der Waals surface area contributed by atoms with Crippen molar-refractivity contribution in [2.45, 2.75) is 26.4 Å². The predicted molar refractivity (Wildman–Crippen MR) is 135 cm³/mol. The average molecular weight is 463 g/mol. The lowest BCUT2D eigenvalue weighted by molar-refractivity contribution is 0.0860. The average Bonchev–Trinajstić information content (AvgIpc) is 2.81. The number of ether oxygens (including phenoxy) is 2. The Morgan fingerprint density at radius 1 is 1.24 bits per heavy atom. The van der Waals surface area contributed by atoms with Gasteiger partial charge in [-0.15, -0.1) is 0 Å². The Morgan fingerprint density at radius 3 is 2.68 bits per heavy atom. The molecule has 0 fully saturated rings. The summed E-state index contributed by atoms with van der Waals surface area (Å²) in [7, 11) is 1.67. The molecule has 8 heteroatoms. The van der Waals surface area contributed by atoms with Gasteiger partial charge in [-0.2, -0.15) is 0 Å². The monoisotopic (exact) mass is 462 g/mol. The van der Waals surface area contributed by atoms with Gasteiger partial charge in [-0.25, -0.2) is 4.39 Å². The molecule has 2 aromatic carbocycles. The topological polar surface area (TPSA) is 90.9 Å². The van der Waals surface area contributed by atoms with Crippen LogP contribution in [0.25, 0.3) is 22.9 Å². The molecule has 176 valence electrons. The van der Waals surface area contributed by atoms with Crippen molar-refractivity contribution in [2.24, 2.45) is 4.99 Å². The fraction of sp³-hybridized carbons (Fsp3) is 0.231. The highest BCUT2D eigenvalue weighted by atomic mass is 19.1. The van der Waals surface area contributed by atoms with E-state index in [1.165, 1.54) is 6.92 Å². The van der Waals surface area contributed by atoms with Crippen LogP contribution >= 0.6 is 0 Å². The number of nitrogens with two attached hydrogens (primary N) is 1. The van der Waals surface area contributed by atoms with Crippen LogP contribution in [0.15, 0.2) is 64.4 Å². The Kier molecular flexibility index (Phi) is 6.79. The Labute approximate surface area is 197 Å². The molecule has 0 radical (unpaired) electrons. The molecule has 2 unspecified atom stereocenters. The van der Waals surface area contributed by atoms with Crippen LogP contribution in [0.4, 0.5) is 15.9 Å². The Morgan fingerprint density at radius 2 is 2.00 bits per heavy atom. The first-order valence-electron chi connectivity index (χ1n) is 11.0. The largest absolute Gasteiger partial charge is 0.461 e. The summed E-state index contributed by atoms with van der Waals surface area (Å²) in [6, 6.07) is 14.0. The van der Waals surface area contributed by atoms with Crippen molar-refractivity contribution < 1.29 is 13.9 Å². The highest BCUT2D eigenvalue weighted by Crippen LogP contribution is 2.30. The molecular weight excluding hydrogens is 435 g/mol. The van der Waals surface area contributed by atoms with Gasteiger partial charge < -0.3 is 20.5 Å². The molecule has 0 saturated heterocycles. The minimum Gasteiger partial charge on any atom is -0.461 e. The fourth-order valence-corrected chi connectivity index (χ4v) is 3.87. The van der Waals surface area contributed by atoms with Crippen molar-refractivity contribution in [2.75, 3.05) is 24.7 Å². The zero-order valence-corrected chi connectivity index (χ0v) is 19.3. The predicted octanol–water partition coefficient (Wildman–Crippen LogP) is 4.63. The number of nitrogens with zero attached hydrogens (tertiary/aromatic N) is 2. The van der Waals surface area contributed by atoms with Gasteiger partial charge in [0.2, 0.25) is 6.36 Å². The van der Waals surface area contributed by atoms with E-state index in [2.05, 4.69) is 10.3 Å². The number of rotatable bonds is 7. The van der Waals surface area contributed by atoms with E-state index in [9.17, 15) is 9.18 Å². The van der Waals surface area contributed by atoms with Crippen LogP contribution < -0.4 is 21.3 Å². The Bertz CT molecular complexity index is 1300. The normalized spacial score (nSPS) is 15.7. The highest BCUT2D eigenvalue weighted by Gasteiger charge is 2.21. The van der Waals surface area contributed by atoms with Crippen molar-refractivity contribution >= 4 is 23.8 Å². The van der Waals surface area contributed by atoms with Gasteiger partial charge in [0.15, 0.2) is 0 Å². The van der Waals surface area contributed by atoms with Crippen LogP contribution in [0.2, 0.25) is 0 Å². The number of hydrogen-bond acceptors (Lipinski definition) is 6. The summed E-state index contributed by atoms with van der Waals surface area (Å²) in [4.78, 5) is 17.9. The van der Waals surface area contributed by atoms with Gasteiger partial charge in [0.1, 0.15) is 17.8 Å². The van der Waals surface area contributed by atoms with Crippen LogP contribution in [-0.4, -0.2) is 37.0 Å². The maximum atomic E-state index is 13.8. The van der Waals surface area contributed by atoms with Crippen LogP contribution in [0.3, 0.4) is 0 Å². The molecule has 1 aromatic heterocycles. The highest BCUT2D eigenvalue weighted by molar-refractivity contribution is 5.89. The molecule has 0 spiro atoms. The molecule has 0 saturated carbocycles. The summed E-state index contributed by atoms with van der Waals surface area (Å²) >= 11 is 0. The van der Waals surface area contributed by atoms with E-state index in [4.69, 9.17) is 15.2 Å². The van der Waals surface area contributed by atoms with E-state index in [-0.39, 0.29) is 11.8 Å². The SMILES string of the molecule is CCOC1C=Cc2cc(-c3ccc(N)c(C=NC)c3)c(=O)n(-c3ccc(OC(C)F)cc3)c2N1. The molecule has 2 heterocycles. The van der Waals surface area contributed by atoms with E-state index >= 15 is 0 Å². The van der Waals surface area contributed by atoms with Gasteiger partial charge in [0.05, 0.1) is 5.69 Å². The number of aromatic nitrogens is 1. The first kappa shape index (κ1) is 23.3. The molecule has 1 aliphatic heterocycles. The lowest BCUT2D eigenvalue weighted by Crippen LogP contribution is -2.31. The van der Waals surface area contributed by atoms with Crippen molar-refractivity contribution in [1.29, 1.82) is 0 Å². The maximum Gasteiger partial charge on any atom is 0.264 e. The number of hydrogen-bond donors (Lipinski definition) is 2. The number of pyridine rings is 1. The van der Waals surface area contributed by atoms with Gasteiger partial charge in [-0.3, -0.25) is 14.4 Å². The minimum atomic E-state index is -1.44. The van der Waals surface area contributed by atoms with Gasteiger partial charge in [-0.1, -0.05) is 12.1 Å². The second-order valence-electron chi connectivity index (χ2n) is 7.77. The molecule has 0 aliphatic carbocycles. The van der Waals surface area contributed by atoms with Crippen LogP contribution in [-0.2, 0) is 4.74 Å². The van der Waals surface area contributed by atoms with Crippen molar-refractivity contribution in [3.63, 3.8) is 0 Å². The van der Waals surface area contributed by atoms with Crippen molar-refractivity contribution in [1.82, 2.24) is 4.57 Å². The van der Waals surface area contributed by atoms with E-state index < -0.39 is 6.36 Å². The number of nitrogens with one attached hydrogen (secondary N) is 1. The van der Waals surface area contributed by atoms with Crippen LogP contribution in [0.1, 0.15) is 25.0 Å². The molecule has 34 heavy (non-hydrogen) atoms. The lowest BCUT2D eigenvalue weighted by atomic mass is 10.0. The third kappa shape index (κ3) is 4.72. The summed E-state index contributed by atoms with van der Waals surface area (Å²) in [5.41, 5.74) is 9.80. The molecule has 0 amide bonds. The number of anilines is 2. The standard InChI is InChI=1S/C26H27FN4O3/c1-4-33-24-12-6-18-14-22(17-5-11-23(28)19(13-17)15-29-3)26(32)31(25(18)30-24)20-7-9-21(10-8-20)34-16(2)27/h5-16,24,30H,4,28H2,1-3H3. The number of aliphatic imine (C=N–C) groups is 1. The van der Waals surface area contributed by atoms with Crippen LogP contribution in [0.5, 0.6) is 5.75 Å². The number of halogens is 1. The second kappa shape index (κ2) is 9.93. The molecule has 4 rings (SSSR count). The number of benzene rings is 2. The molecule has 7 nitrogen and oxygen atoms in total. The second-order valence-corrected chi connectivity index (χ2v) is 7.77. The molecule has 3 N–H and O–H groups in total. The molecule has 3 aromatic rings. The third-order valence-corrected chi connectivity index (χ3v) is 5.37. The fourth-order valence-electron chi connectivity index (χ4n) is 3.87. The quantitative estimate of drug-likeness (QED) is 0.395. The van der Waals surface area contributed by atoms with Crippen molar-refractivity contribution in [3.05, 3.63) is 76.1 Å². The van der Waals surface area contributed by atoms with Gasteiger partial charge >= 0.3 is 0 Å². The number of nitrogen functional groups attached to an aromatic ring is 1. The maximum absolute atomic E-state index is 13.8. The summed E-state index contributed by atoms with van der Waals surface area (Å²) < 4.78 is 25.6. The third-order valence-electron chi connectivity index (χ3n) is 5.37. The number of fused-ring (bicyclic) bond motifs is 1. The molecule has 2 atom stereocenters. The van der Waals surface area contributed by atoms with E-state index in [0.29, 0.717) is 35.1 Å². The smallest absolute Gasteiger partial charge is 0.264 e.